The van der Waals surface area contributed by atoms with Crippen LogP contribution in [0.15, 0.2) is 41.7 Å². The molecule has 4 heterocycles. The van der Waals surface area contributed by atoms with E-state index in [2.05, 4.69) is 44.2 Å². The molecule has 1 aliphatic rings. The standard InChI is InChI=1S/C16H10N4/c1-2-10-14-9(3-6-19-14)11-8-13-12(4-7-17-13)20-16(11)15(10)18-5-1/h1-4,6-8,20H,5H2. The molecule has 4 aromatic rings. The summed E-state index contributed by atoms with van der Waals surface area (Å²) in [6, 6.07) is 6.18. The fraction of sp³-hybridized carbons (Fsp3) is 0.0625. The minimum absolute atomic E-state index is 0.722. The van der Waals surface area contributed by atoms with Crippen molar-refractivity contribution in [3.63, 3.8) is 0 Å². The van der Waals surface area contributed by atoms with Crippen molar-refractivity contribution >= 4 is 38.9 Å². The number of rotatable bonds is 0. The molecule has 4 nitrogen and oxygen atoms in total. The zero-order valence-corrected chi connectivity index (χ0v) is 10.6. The first-order valence-electron chi connectivity index (χ1n) is 6.61. The van der Waals surface area contributed by atoms with Crippen LogP contribution in [0.3, 0.4) is 0 Å². The predicted octanol–water partition coefficient (Wildman–Crippen LogP) is 2.63. The third kappa shape index (κ3) is 1.13. The van der Waals surface area contributed by atoms with Crippen molar-refractivity contribution in [2.24, 2.45) is 4.99 Å². The van der Waals surface area contributed by atoms with Gasteiger partial charge in [0.1, 0.15) is 0 Å². The Kier molecular flexibility index (Phi) is 1.72. The minimum atomic E-state index is 0.722. The highest BCUT2D eigenvalue weighted by Gasteiger charge is 2.14. The van der Waals surface area contributed by atoms with E-state index in [-0.39, 0.29) is 0 Å². The number of hydrogen-bond acceptors (Lipinski definition) is 3. The summed E-state index contributed by atoms with van der Waals surface area (Å²) in [4.78, 5) is 17.0. The summed E-state index contributed by atoms with van der Waals surface area (Å²) in [6.07, 6.45) is 7.88. The maximum atomic E-state index is 4.66. The molecule has 0 saturated heterocycles. The molecule has 0 fully saturated rings. The van der Waals surface area contributed by atoms with E-state index < -0.39 is 0 Å². The Labute approximate surface area is 113 Å². The first kappa shape index (κ1) is 10.1. The van der Waals surface area contributed by atoms with E-state index in [1.807, 2.05) is 18.5 Å². The molecule has 1 aromatic carbocycles. The number of H-pyrrole nitrogens is 1. The maximum Gasteiger partial charge on any atom is 0.0913 e. The molecule has 0 saturated carbocycles. The molecule has 0 radical (unpaired) electrons. The van der Waals surface area contributed by atoms with Gasteiger partial charge in [0.2, 0.25) is 0 Å². The third-order valence-electron chi connectivity index (χ3n) is 3.92. The summed E-state index contributed by atoms with van der Waals surface area (Å²) in [5.41, 5.74) is 5.23. The summed E-state index contributed by atoms with van der Waals surface area (Å²) >= 11 is 0. The van der Waals surface area contributed by atoms with Crippen LogP contribution in [0.25, 0.3) is 38.9 Å². The van der Waals surface area contributed by atoms with Gasteiger partial charge in [0, 0.05) is 28.7 Å². The van der Waals surface area contributed by atoms with Crippen LogP contribution >= 0.6 is 0 Å². The van der Waals surface area contributed by atoms with Crippen molar-refractivity contribution in [3.05, 3.63) is 47.6 Å². The zero-order chi connectivity index (χ0) is 13.1. The van der Waals surface area contributed by atoms with Gasteiger partial charge >= 0.3 is 0 Å². The Hall–Kier alpha value is -2.75. The molecule has 1 N–H and O–H groups in total. The number of pyridine rings is 1. The van der Waals surface area contributed by atoms with Crippen LogP contribution in [0, 0.1) is 0 Å². The van der Waals surface area contributed by atoms with Crippen molar-refractivity contribution in [1.82, 2.24) is 15.0 Å². The van der Waals surface area contributed by atoms with Gasteiger partial charge in [-0.1, -0.05) is 12.2 Å². The number of aromatic amines is 1. The molecule has 94 valence electrons. The lowest BCUT2D eigenvalue weighted by Crippen LogP contribution is -2.13. The van der Waals surface area contributed by atoms with Crippen LogP contribution < -0.4 is 5.36 Å². The largest absolute Gasteiger partial charge is 0.351 e. The van der Waals surface area contributed by atoms with Gasteiger partial charge < -0.3 is 4.98 Å². The van der Waals surface area contributed by atoms with E-state index in [1.54, 1.807) is 0 Å². The minimum Gasteiger partial charge on any atom is -0.351 e. The average Bonchev–Trinajstić information content (AvgIpc) is 3.14. The number of aromatic nitrogens is 3. The highest BCUT2D eigenvalue weighted by Crippen LogP contribution is 2.27. The highest BCUT2D eigenvalue weighted by atomic mass is 14.8. The lowest BCUT2D eigenvalue weighted by molar-refractivity contribution is 1.13. The molecule has 1 aliphatic heterocycles. The van der Waals surface area contributed by atoms with Crippen LogP contribution in [-0.4, -0.2) is 21.5 Å². The normalized spacial score (nSPS) is 14.0. The van der Waals surface area contributed by atoms with Crippen LogP contribution in [0.5, 0.6) is 0 Å². The molecule has 0 unspecified atom stereocenters. The van der Waals surface area contributed by atoms with Crippen LogP contribution in [-0.2, 0) is 0 Å². The monoisotopic (exact) mass is 258 g/mol. The van der Waals surface area contributed by atoms with Crippen LogP contribution in [0.1, 0.15) is 5.56 Å². The topological polar surface area (TPSA) is 53.9 Å². The predicted molar refractivity (Wildman–Crippen MR) is 79.6 cm³/mol. The lowest BCUT2D eigenvalue weighted by Gasteiger charge is -2.08. The number of benzene rings is 1. The lowest BCUT2D eigenvalue weighted by atomic mass is 10.0. The van der Waals surface area contributed by atoms with Crippen LogP contribution in [0.4, 0.5) is 0 Å². The Morgan fingerprint density at radius 2 is 2.00 bits per heavy atom. The van der Waals surface area contributed by atoms with Crippen molar-refractivity contribution < 1.29 is 0 Å². The number of hydrogen-bond donors (Lipinski definition) is 1. The SMILES string of the molecule is C1=Cc2c(c3[nH]c4ccnc4cc3c3ccnc23)=NC1. The third-order valence-corrected chi connectivity index (χ3v) is 3.92. The molecule has 4 heteroatoms. The van der Waals surface area contributed by atoms with E-state index in [9.17, 15) is 0 Å². The summed E-state index contributed by atoms with van der Waals surface area (Å²) in [5, 5.41) is 3.31. The summed E-state index contributed by atoms with van der Waals surface area (Å²) in [5.74, 6) is 0. The average molecular weight is 258 g/mol. The summed E-state index contributed by atoms with van der Waals surface area (Å²) < 4.78 is 0. The van der Waals surface area contributed by atoms with Gasteiger partial charge in [-0.15, -0.1) is 0 Å². The Balaban J connectivity index is 2.18. The Morgan fingerprint density at radius 1 is 1.05 bits per heavy atom. The van der Waals surface area contributed by atoms with E-state index in [0.29, 0.717) is 0 Å². The quantitative estimate of drug-likeness (QED) is 0.527. The Morgan fingerprint density at radius 3 is 3.00 bits per heavy atom. The van der Waals surface area contributed by atoms with Crippen molar-refractivity contribution in [3.8, 4) is 0 Å². The first-order chi connectivity index (χ1) is 9.92. The smallest absolute Gasteiger partial charge is 0.0913 e. The van der Waals surface area contributed by atoms with Gasteiger partial charge in [-0.05, 0) is 18.2 Å². The van der Waals surface area contributed by atoms with E-state index in [4.69, 9.17) is 0 Å². The van der Waals surface area contributed by atoms with Crippen molar-refractivity contribution in [2.75, 3.05) is 6.54 Å². The molecular weight excluding hydrogens is 248 g/mol. The molecule has 20 heavy (non-hydrogen) atoms. The second-order valence-electron chi connectivity index (χ2n) is 5.01. The van der Waals surface area contributed by atoms with Gasteiger partial charge in [0.05, 0.1) is 34.0 Å². The van der Waals surface area contributed by atoms with E-state index in [0.717, 1.165) is 50.3 Å². The molecule has 5 rings (SSSR count). The molecular formula is C16H10N4. The fourth-order valence-corrected chi connectivity index (χ4v) is 3.03. The molecule has 0 spiro atoms. The van der Waals surface area contributed by atoms with Gasteiger partial charge in [0.15, 0.2) is 0 Å². The van der Waals surface area contributed by atoms with Gasteiger partial charge in [0.25, 0.3) is 0 Å². The van der Waals surface area contributed by atoms with Gasteiger partial charge in [-0.2, -0.15) is 0 Å². The zero-order valence-electron chi connectivity index (χ0n) is 10.6. The second-order valence-corrected chi connectivity index (χ2v) is 5.01. The molecule has 0 aliphatic carbocycles. The highest BCUT2D eigenvalue weighted by molar-refractivity contribution is 6.11. The number of fused-ring (bicyclic) bond motifs is 7. The summed E-state index contributed by atoms with van der Waals surface area (Å²) in [7, 11) is 0. The summed E-state index contributed by atoms with van der Waals surface area (Å²) in [6.45, 7) is 0.722. The number of nitrogens with one attached hydrogen (secondary N) is 1. The second kappa shape index (κ2) is 3.42. The van der Waals surface area contributed by atoms with Gasteiger partial charge in [-0.3, -0.25) is 15.0 Å². The van der Waals surface area contributed by atoms with Crippen molar-refractivity contribution in [2.45, 2.75) is 0 Å². The molecule has 3 aromatic heterocycles. The molecule has 0 atom stereocenters. The van der Waals surface area contributed by atoms with Crippen molar-refractivity contribution in [1.29, 1.82) is 0 Å². The van der Waals surface area contributed by atoms with E-state index >= 15 is 0 Å². The molecule has 0 bridgehead atoms. The number of nitrogens with zero attached hydrogens (tertiary/aromatic N) is 3. The van der Waals surface area contributed by atoms with Gasteiger partial charge in [-0.25, -0.2) is 0 Å². The fourth-order valence-electron chi connectivity index (χ4n) is 3.03. The van der Waals surface area contributed by atoms with Crippen LogP contribution in [0.2, 0.25) is 0 Å². The first-order valence-corrected chi connectivity index (χ1v) is 6.61. The molecule has 0 amide bonds. The van der Waals surface area contributed by atoms with E-state index in [1.165, 1.54) is 0 Å². The maximum absolute atomic E-state index is 4.66. The Bertz CT molecular complexity index is 1070.